The predicted octanol–water partition coefficient (Wildman–Crippen LogP) is 2.93. The molecule has 92 valence electrons. The fourth-order valence-electron chi connectivity index (χ4n) is 1.58. The van der Waals surface area contributed by atoms with Gasteiger partial charge in [-0.2, -0.15) is 0 Å². The van der Waals surface area contributed by atoms with Crippen LogP contribution in [0.1, 0.15) is 11.6 Å². The molecule has 1 unspecified atom stereocenters. The van der Waals surface area contributed by atoms with Crippen molar-refractivity contribution >= 4 is 34.2 Å². The number of anilines is 1. The Hall–Kier alpha value is -1.40. The zero-order chi connectivity index (χ0) is 13.0. The van der Waals surface area contributed by atoms with Gasteiger partial charge >= 0.3 is 0 Å². The molecule has 3 N–H and O–H groups in total. The fourth-order valence-corrected chi connectivity index (χ4v) is 2.11. The number of benzene rings is 2. The molecule has 0 radical (unpaired) electrons. The minimum absolute atomic E-state index is 0.203. The molecule has 2 aromatic rings. The van der Waals surface area contributed by atoms with Gasteiger partial charge in [0.05, 0.1) is 5.69 Å². The van der Waals surface area contributed by atoms with E-state index in [1.54, 1.807) is 0 Å². The number of halogens is 1. The zero-order valence-corrected chi connectivity index (χ0v) is 11.8. The fraction of sp³-hybridized carbons (Fsp3) is 0.0714. The first-order valence-corrected chi connectivity index (χ1v) is 6.62. The molecule has 18 heavy (non-hydrogen) atoms. The van der Waals surface area contributed by atoms with Gasteiger partial charge in [-0.05, 0) is 40.3 Å². The number of nitrogens with one attached hydrogen (secondary N) is 1. The number of carbonyl (C=O) groups is 1. The molecule has 0 aliphatic rings. The number of carbonyl (C=O) groups excluding carboxylic acids is 1. The molecule has 0 spiro atoms. The van der Waals surface area contributed by atoms with Gasteiger partial charge < -0.3 is 11.1 Å². The Kier molecular flexibility index (Phi) is 4.33. The summed E-state index contributed by atoms with van der Waals surface area (Å²) < 4.78 is 0.990. The molecule has 0 fully saturated rings. The number of nitrogens with two attached hydrogens (primary N) is 1. The smallest absolute Gasteiger partial charge is 0.245 e. The van der Waals surface area contributed by atoms with Crippen LogP contribution in [0.5, 0.6) is 0 Å². The van der Waals surface area contributed by atoms with Crippen LogP contribution in [0.25, 0.3) is 0 Å². The quantitative estimate of drug-likeness (QED) is 0.835. The number of hydrogen-bond donors (Lipinski definition) is 2. The molecule has 0 heterocycles. The first-order valence-electron chi connectivity index (χ1n) is 5.54. The van der Waals surface area contributed by atoms with Gasteiger partial charge in [-0.3, -0.25) is 4.79 Å². The molecule has 0 saturated heterocycles. The van der Waals surface area contributed by atoms with E-state index in [1.807, 2.05) is 54.6 Å². The van der Waals surface area contributed by atoms with E-state index >= 15 is 0 Å². The van der Waals surface area contributed by atoms with Crippen molar-refractivity contribution in [3.8, 4) is 0 Å². The maximum atomic E-state index is 12.0. The molecule has 2 aromatic carbocycles. The highest BCUT2D eigenvalue weighted by Crippen LogP contribution is 2.19. The molecule has 0 saturated carbocycles. The van der Waals surface area contributed by atoms with E-state index in [4.69, 9.17) is 5.73 Å². The van der Waals surface area contributed by atoms with Crippen molar-refractivity contribution in [2.75, 3.05) is 5.32 Å². The minimum Gasteiger partial charge on any atom is -0.323 e. The Morgan fingerprint density at radius 2 is 1.67 bits per heavy atom. The van der Waals surface area contributed by atoms with Gasteiger partial charge in [-0.25, -0.2) is 0 Å². The molecule has 0 aromatic heterocycles. The summed E-state index contributed by atoms with van der Waals surface area (Å²) in [6, 6.07) is 16.3. The van der Waals surface area contributed by atoms with Crippen molar-refractivity contribution in [3.05, 3.63) is 63.7 Å². The second kappa shape index (κ2) is 5.97. The van der Waals surface area contributed by atoms with Crippen molar-refractivity contribution < 1.29 is 4.79 Å². The Bertz CT molecular complexity index is 543. The van der Waals surface area contributed by atoms with Crippen LogP contribution < -0.4 is 11.1 Å². The molecular weight excluding hydrogens is 339 g/mol. The van der Waals surface area contributed by atoms with Gasteiger partial charge in [0.2, 0.25) is 5.91 Å². The van der Waals surface area contributed by atoms with E-state index in [1.165, 1.54) is 0 Å². The van der Waals surface area contributed by atoms with Crippen LogP contribution in [-0.2, 0) is 4.79 Å². The lowest BCUT2D eigenvalue weighted by Gasteiger charge is -2.13. The lowest BCUT2D eigenvalue weighted by molar-refractivity contribution is -0.117. The molecule has 4 heteroatoms. The average Bonchev–Trinajstić information content (AvgIpc) is 2.41. The molecule has 1 amide bonds. The summed E-state index contributed by atoms with van der Waals surface area (Å²) in [7, 11) is 0. The first kappa shape index (κ1) is 13.0. The third kappa shape index (κ3) is 3.08. The lowest BCUT2D eigenvalue weighted by atomic mass is 10.1. The highest BCUT2D eigenvalue weighted by atomic mass is 127. The molecular formula is C14H13IN2O. The van der Waals surface area contributed by atoms with Gasteiger partial charge in [0.25, 0.3) is 0 Å². The van der Waals surface area contributed by atoms with Crippen LogP contribution in [-0.4, -0.2) is 5.91 Å². The van der Waals surface area contributed by atoms with E-state index in [-0.39, 0.29) is 5.91 Å². The predicted molar refractivity (Wildman–Crippen MR) is 81.2 cm³/mol. The van der Waals surface area contributed by atoms with Crippen LogP contribution in [0.3, 0.4) is 0 Å². The highest BCUT2D eigenvalue weighted by Gasteiger charge is 2.16. The highest BCUT2D eigenvalue weighted by molar-refractivity contribution is 14.1. The van der Waals surface area contributed by atoms with E-state index in [0.29, 0.717) is 0 Å². The summed E-state index contributed by atoms with van der Waals surface area (Å²) in [5.74, 6) is -0.203. The van der Waals surface area contributed by atoms with Crippen LogP contribution >= 0.6 is 22.6 Å². The second-order valence-electron chi connectivity index (χ2n) is 3.86. The summed E-state index contributed by atoms with van der Waals surface area (Å²) >= 11 is 2.18. The van der Waals surface area contributed by atoms with Crippen molar-refractivity contribution in [1.82, 2.24) is 0 Å². The number of para-hydroxylation sites is 1. The maximum absolute atomic E-state index is 12.0. The summed E-state index contributed by atoms with van der Waals surface area (Å²) in [5.41, 5.74) is 7.51. The lowest BCUT2D eigenvalue weighted by Crippen LogP contribution is -2.27. The molecule has 3 nitrogen and oxygen atoms in total. The molecule has 0 aliphatic carbocycles. The maximum Gasteiger partial charge on any atom is 0.245 e. The molecule has 0 bridgehead atoms. The van der Waals surface area contributed by atoms with Crippen LogP contribution in [0.4, 0.5) is 5.69 Å². The molecule has 2 rings (SSSR count). The van der Waals surface area contributed by atoms with Crippen molar-refractivity contribution in [1.29, 1.82) is 0 Å². The van der Waals surface area contributed by atoms with Crippen LogP contribution in [0.2, 0.25) is 0 Å². The number of hydrogen-bond acceptors (Lipinski definition) is 2. The summed E-state index contributed by atoms with van der Waals surface area (Å²) in [6.07, 6.45) is 0. The van der Waals surface area contributed by atoms with Crippen molar-refractivity contribution in [2.24, 2.45) is 5.73 Å². The van der Waals surface area contributed by atoms with E-state index < -0.39 is 6.04 Å². The van der Waals surface area contributed by atoms with Gasteiger partial charge in [-0.1, -0.05) is 42.5 Å². The topological polar surface area (TPSA) is 55.1 Å². The Morgan fingerprint density at radius 1 is 1.06 bits per heavy atom. The third-order valence-electron chi connectivity index (χ3n) is 2.57. The monoisotopic (exact) mass is 352 g/mol. The van der Waals surface area contributed by atoms with Gasteiger partial charge in [0.15, 0.2) is 0 Å². The molecule has 1 atom stereocenters. The Balaban J connectivity index is 2.12. The van der Waals surface area contributed by atoms with E-state index in [0.717, 1.165) is 14.8 Å². The van der Waals surface area contributed by atoms with Gasteiger partial charge in [0.1, 0.15) is 6.04 Å². The van der Waals surface area contributed by atoms with E-state index in [2.05, 4.69) is 27.9 Å². The Morgan fingerprint density at radius 3 is 2.33 bits per heavy atom. The normalized spacial score (nSPS) is 11.9. The van der Waals surface area contributed by atoms with Crippen LogP contribution in [0.15, 0.2) is 54.6 Å². The second-order valence-corrected chi connectivity index (χ2v) is 5.02. The summed E-state index contributed by atoms with van der Waals surface area (Å²) in [5, 5.41) is 2.84. The largest absolute Gasteiger partial charge is 0.323 e. The van der Waals surface area contributed by atoms with Crippen molar-refractivity contribution in [3.63, 3.8) is 0 Å². The zero-order valence-electron chi connectivity index (χ0n) is 9.64. The average molecular weight is 352 g/mol. The number of rotatable bonds is 3. The van der Waals surface area contributed by atoms with Crippen LogP contribution in [0, 0.1) is 3.57 Å². The van der Waals surface area contributed by atoms with Crippen molar-refractivity contribution in [2.45, 2.75) is 6.04 Å². The standard InChI is InChI=1S/C14H13IN2O/c15-11-8-4-5-9-12(11)17-14(18)13(16)10-6-2-1-3-7-10/h1-9,13H,16H2,(H,17,18). The van der Waals surface area contributed by atoms with E-state index in [9.17, 15) is 4.79 Å². The van der Waals surface area contributed by atoms with Gasteiger partial charge in [-0.15, -0.1) is 0 Å². The minimum atomic E-state index is -0.651. The SMILES string of the molecule is NC(C(=O)Nc1ccccc1I)c1ccccc1. The summed E-state index contributed by atoms with van der Waals surface area (Å²) in [4.78, 5) is 12.0. The summed E-state index contributed by atoms with van der Waals surface area (Å²) in [6.45, 7) is 0. The van der Waals surface area contributed by atoms with Gasteiger partial charge in [0, 0.05) is 3.57 Å². The third-order valence-corrected chi connectivity index (χ3v) is 3.51. The Labute approximate surface area is 120 Å². The molecule has 0 aliphatic heterocycles. The first-order chi connectivity index (χ1) is 8.68. The number of amides is 1.